The Morgan fingerprint density at radius 2 is 2.00 bits per heavy atom. The summed E-state index contributed by atoms with van der Waals surface area (Å²) in [6, 6.07) is 0.687. The van der Waals surface area contributed by atoms with E-state index in [4.69, 9.17) is 15.2 Å². The molecule has 0 amide bonds. The van der Waals surface area contributed by atoms with Crippen molar-refractivity contribution >= 4 is 0 Å². The first kappa shape index (κ1) is 10.4. The number of rotatable bonds is 1. The molecule has 0 aromatic heterocycles. The fourth-order valence-corrected chi connectivity index (χ4v) is 2.21. The van der Waals surface area contributed by atoms with Gasteiger partial charge in [0.15, 0.2) is 0 Å². The summed E-state index contributed by atoms with van der Waals surface area (Å²) in [6.45, 7) is 5.44. The minimum Gasteiger partial charge on any atom is -0.380 e. The van der Waals surface area contributed by atoms with E-state index in [1.165, 1.54) is 0 Å². The minimum absolute atomic E-state index is 0.279. The minimum atomic E-state index is 0.279. The van der Waals surface area contributed by atoms with E-state index in [2.05, 4.69) is 4.90 Å². The van der Waals surface area contributed by atoms with Crippen LogP contribution in [0.2, 0.25) is 0 Å². The number of nitrogens with two attached hydrogens (primary N) is 1. The van der Waals surface area contributed by atoms with Crippen LogP contribution in [-0.4, -0.2) is 56.5 Å². The Bertz CT molecular complexity index is 170. The first-order chi connectivity index (χ1) is 6.88. The molecule has 0 radical (unpaired) electrons. The lowest BCUT2D eigenvalue weighted by molar-refractivity contribution is 0.00509. The average molecular weight is 200 g/mol. The van der Waals surface area contributed by atoms with Crippen LogP contribution in [0.1, 0.15) is 12.8 Å². The molecule has 2 heterocycles. The SMILES string of the molecule is NC1CCOCC1N1CCCOCC1. The zero-order valence-corrected chi connectivity index (χ0v) is 8.65. The number of ether oxygens (including phenoxy) is 2. The summed E-state index contributed by atoms with van der Waals surface area (Å²) in [4.78, 5) is 2.43. The quantitative estimate of drug-likeness (QED) is 0.638. The fourth-order valence-electron chi connectivity index (χ4n) is 2.21. The molecule has 0 saturated carbocycles. The monoisotopic (exact) mass is 200 g/mol. The van der Waals surface area contributed by atoms with Crippen molar-refractivity contribution in [2.24, 2.45) is 5.73 Å². The molecule has 0 spiro atoms. The van der Waals surface area contributed by atoms with E-state index in [9.17, 15) is 0 Å². The molecular formula is C10H20N2O2. The van der Waals surface area contributed by atoms with Crippen LogP contribution < -0.4 is 5.73 Å². The van der Waals surface area contributed by atoms with Gasteiger partial charge in [-0.05, 0) is 12.8 Å². The van der Waals surface area contributed by atoms with Gasteiger partial charge in [-0.25, -0.2) is 0 Å². The molecule has 0 aromatic rings. The van der Waals surface area contributed by atoms with Gasteiger partial charge < -0.3 is 15.2 Å². The maximum atomic E-state index is 6.10. The Morgan fingerprint density at radius 3 is 2.86 bits per heavy atom. The van der Waals surface area contributed by atoms with E-state index in [-0.39, 0.29) is 6.04 Å². The Hall–Kier alpha value is -0.160. The van der Waals surface area contributed by atoms with Crippen molar-refractivity contribution in [3.8, 4) is 0 Å². The van der Waals surface area contributed by atoms with Gasteiger partial charge in [-0.1, -0.05) is 0 Å². The molecule has 2 aliphatic heterocycles. The molecule has 2 rings (SSSR count). The van der Waals surface area contributed by atoms with Gasteiger partial charge in [0.1, 0.15) is 0 Å². The Kier molecular flexibility index (Phi) is 3.75. The van der Waals surface area contributed by atoms with E-state index in [1.54, 1.807) is 0 Å². The third-order valence-corrected chi connectivity index (χ3v) is 3.10. The summed E-state index contributed by atoms with van der Waals surface area (Å²) in [7, 11) is 0. The molecule has 2 N–H and O–H groups in total. The molecule has 82 valence electrons. The topological polar surface area (TPSA) is 47.7 Å². The molecule has 2 saturated heterocycles. The summed E-state index contributed by atoms with van der Waals surface area (Å²) in [5.74, 6) is 0. The summed E-state index contributed by atoms with van der Waals surface area (Å²) < 4.78 is 10.9. The van der Waals surface area contributed by atoms with E-state index in [1.807, 2.05) is 0 Å². The molecule has 0 bridgehead atoms. The predicted molar refractivity (Wildman–Crippen MR) is 54.2 cm³/mol. The first-order valence-corrected chi connectivity index (χ1v) is 5.53. The van der Waals surface area contributed by atoms with Crippen molar-refractivity contribution in [3.05, 3.63) is 0 Å². The highest BCUT2D eigenvalue weighted by molar-refractivity contribution is 4.85. The molecule has 4 nitrogen and oxygen atoms in total. The summed E-state index contributed by atoms with van der Waals surface area (Å²) in [6.07, 6.45) is 2.10. The highest BCUT2D eigenvalue weighted by atomic mass is 16.5. The zero-order chi connectivity index (χ0) is 9.80. The Balaban J connectivity index is 1.90. The van der Waals surface area contributed by atoms with Crippen LogP contribution >= 0.6 is 0 Å². The Morgan fingerprint density at radius 1 is 1.07 bits per heavy atom. The number of hydrogen-bond acceptors (Lipinski definition) is 4. The van der Waals surface area contributed by atoms with Gasteiger partial charge in [-0.15, -0.1) is 0 Å². The second-order valence-corrected chi connectivity index (χ2v) is 4.10. The molecule has 2 atom stereocenters. The van der Waals surface area contributed by atoms with Crippen molar-refractivity contribution < 1.29 is 9.47 Å². The maximum absolute atomic E-state index is 6.10. The average Bonchev–Trinajstić information content (AvgIpc) is 2.47. The summed E-state index contributed by atoms with van der Waals surface area (Å²) in [5, 5.41) is 0. The van der Waals surface area contributed by atoms with Crippen molar-refractivity contribution in [2.75, 3.05) is 39.5 Å². The number of hydrogen-bond donors (Lipinski definition) is 1. The van der Waals surface area contributed by atoms with Crippen LogP contribution in [0, 0.1) is 0 Å². The maximum Gasteiger partial charge on any atom is 0.0636 e. The first-order valence-electron chi connectivity index (χ1n) is 5.53. The molecule has 4 heteroatoms. The normalized spacial score (nSPS) is 36.6. The van der Waals surface area contributed by atoms with Crippen LogP contribution in [0.15, 0.2) is 0 Å². The van der Waals surface area contributed by atoms with Crippen molar-refractivity contribution in [1.29, 1.82) is 0 Å². The highest BCUT2D eigenvalue weighted by Gasteiger charge is 2.28. The van der Waals surface area contributed by atoms with Crippen LogP contribution in [-0.2, 0) is 9.47 Å². The molecule has 2 unspecified atom stereocenters. The zero-order valence-electron chi connectivity index (χ0n) is 8.65. The summed E-state index contributed by atoms with van der Waals surface area (Å²) >= 11 is 0. The fraction of sp³-hybridized carbons (Fsp3) is 1.00. The number of nitrogens with zero attached hydrogens (tertiary/aromatic N) is 1. The largest absolute Gasteiger partial charge is 0.380 e. The van der Waals surface area contributed by atoms with Crippen molar-refractivity contribution in [2.45, 2.75) is 24.9 Å². The smallest absolute Gasteiger partial charge is 0.0636 e. The molecule has 0 aromatic carbocycles. The standard InChI is InChI=1S/C10H20N2O2/c11-9-2-6-14-8-10(9)12-3-1-5-13-7-4-12/h9-10H,1-8,11H2. The molecular weight excluding hydrogens is 180 g/mol. The van der Waals surface area contributed by atoms with Crippen molar-refractivity contribution in [3.63, 3.8) is 0 Å². The van der Waals surface area contributed by atoms with E-state index in [0.29, 0.717) is 6.04 Å². The van der Waals surface area contributed by atoms with Gasteiger partial charge in [-0.3, -0.25) is 4.90 Å². The van der Waals surface area contributed by atoms with E-state index < -0.39 is 0 Å². The van der Waals surface area contributed by atoms with Gasteiger partial charge in [-0.2, -0.15) is 0 Å². The van der Waals surface area contributed by atoms with Crippen LogP contribution in [0.4, 0.5) is 0 Å². The molecule has 2 aliphatic rings. The lowest BCUT2D eigenvalue weighted by Crippen LogP contribution is -2.54. The second kappa shape index (κ2) is 5.07. The van der Waals surface area contributed by atoms with Crippen LogP contribution in [0.5, 0.6) is 0 Å². The van der Waals surface area contributed by atoms with Gasteiger partial charge in [0.25, 0.3) is 0 Å². The highest BCUT2D eigenvalue weighted by Crippen LogP contribution is 2.14. The van der Waals surface area contributed by atoms with E-state index in [0.717, 1.165) is 52.4 Å². The predicted octanol–water partition coefficient (Wildman–Crippen LogP) is -0.175. The van der Waals surface area contributed by atoms with Gasteiger partial charge >= 0.3 is 0 Å². The van der Waals surface area contributed by atoms with Gasteiger partial charge in [0.05, 0.1) is 13.2 Å². The van der Waals surface area contributed by atoms with Gasteiger partial charge in [0.2, 0.25) is 0 Å². The lowest BCUT2D eigenvalue weighted by Gasteiger charge is -2.37. The molecule has 0 aliphatic carbocycles. The van der Waals surface area contributed by atoms with Crippen LogP contribution in [0.3, 0.4) is 0 Å². The molecule has 2 fully saturated rings. The molecule has 14 heavy (non-hydrogen) atoms. The van der Waals surface area contributed by atoms with Gasteiger partial charge in [0, 0.05) is 38.4 Å². The third-order valence-electron chi connectivity index (χ3n) is 3.10. The van der Waals surface area contributed by atoms with E-state index >= 15 is 0 Å². The third kappa shape index (κ3) is 2.45. The Labute approximate surface area is 85.3 Å². The summed E-state index contributed by atoms with van der Waals surface area (Å²) in [5.41, 5.74) is 6.10. The van der Waals surface area contributed by atoms with Crippen molar-refractivity contribution in [1.82, 2.24) is 4.90 Å². The lowest BCUT2D eigenvalue weighted by atomic mass is 10.0. The van der Waals surface area contributed by atoms with Crippen LogP contribution in [0.25, 0.3) is 0 Å². The second-order valence-electron chi connectivity index (χ2n) is 4.10.